The molecule has 0 saturated heterocycles. The van der Waals surface area contributed by atoms with Crippen molar-refractivity contribution in [3.05, 3.63) is 46.0 Å². The van der Waals surface area contributed by atoms with Crippen molar-refractivity contribution in [3.63, 3.8) is 0 Å². The van der Waals surface area contributed by atoms with Crippen LogP contribution in [0.2, 0.25) is 0 Å². The molecule has 4 nitrogen and oxygen atoms in total. The molecule has 0 amide bonds. The number of H-pyrrole nitrogens is 1. The number of nitrogens with two attached hydrogens (primary N) is 1. The van der Waals surface area contributed by atoms with Crippen LogP contribution in [-0.2, 0) is 12.8 Å². The van der Waals surface area contributed by atoms with Gasteiger partial charge < -0.3 is 5.84 Å². The maximum absolute atomic E-state index is 5.84. The zero-order chi connectivity index (χ0) is 11.1. The van der Waals surface area contributed by atoms with Crippen LogP contribution in [0.25, 0.3) is 0 Å². The third kappa shape index (κ3) is 1.36. The Balaban J connectivity index is 1.97. The van der Waals surface area contributed by atoms with Crippen molar-refractivity contribution in [1.82, 2.24) is 14.9 Å². The number of aromatic nitrogens is 3. The Morgan fingerprint density at radius 2 is 1.94 bits per heavy atom. The topological polar surface area (TPSA) is 59.6 Å². The first-order chi connectivity index (χ1) is 7.75. The minimum Gasteiger partial charge on any atom is -0.335 e. The van der Waals surface area contributed by atoms with E-state index < -0.39 is 0 Å². The Morgan fingerprint density at radius 1 is 1.31 bits per heavy atom. The fraction of sp³-hybridized carbons (Fsp3) is 0.273. The first-order valence-electron chi connectivity index (χ1n) is 5.25. The van der Waals surface area contributed by atoms with Crippen molar-refractivity contribution in [3.8, 4) is 0 Å². The third-order valence-electron chi connectivity index (χ3n) is 3.15. The molecule has 0 unspecified atom stereocenters. The highest BCUT2D eigenvalue weighted by Crippen LogP contribution is 2.32. The minimum absolute atomic E-state index is 0.343. The maximum Gasteiger partial charge on any atom is 0.214 e. The number of nitrogen functional groups attached to an aromatic ring is 1. The largest absolute Gasteiger partial charge is 0.335 e. The molecule has 0 bridgehead atoms. The normalized spacial score (nSPS) is 15.2. The first kappa shape index (κ1) is 9.59. The first-order valence-corrected chi connectivity index (χ1v) is 5.65. The third-order valence-corrected chi connectivity index (χ3v) is 3.44. The van der Waals surface area contributed by atoms with E-state index >= 15 is 0 Å². The van der Waals surface area contributed by atoms with Crippen LogP contribution in [0.4, 0.5) is 0 Å². The Bertz CT molecular complexity index is 559. The van der Waals surface area contributed by atoms with Crippen LogP contribution in [0.3, 0.4) is 0 Å². The average molecular weight is 232 g/mol. The number of rotatable bonds is 1. The number of nitrogens with one attached hydrogen (secondary N) is 1. The molecular weight excluding hydrogens is 220 g/mol. The predicted molar refractivity (Wildman–Crippen MR) is 64.2 cm³/mol. The second kappa shape index (κ2) is 3.45. The van der Waals surface area contributed by atoms with E-state index in [1.54, 1.807) is 0 Å². The predicted octanol–water partition coefficient (Wildman–Crippen LogP) is 1.54. The molecule has 0 saturated carbocycles. The molecule has 82 valence electrons. The Labute approximate surface area is 98.1 Å². The second-order valence-electron chi connectivity index (χ2n) is 4.13. The molecule has 1 aromatic carbocycles. The highest BCUT2D eigenvalue weighted by atomic mass is 32.1. The fourth-order valence-electron chi connectivity index (χ4n) is 2.35. The van der Waals surface area contributed by atoms with Crippen LogP contribution in [0, 0.1) is 4.77 Å². The summed E-state index contributed by atoms with van der Waals surface area (Å²) in [5.41, 5.74) is 2.78. The van der Waals surface area contributed by atoms with Gasteiger partial charge in [-0.25, -0.2) is 4.68 Å². The number of fused-ring (bicyclic) bond motifs is 1. The molecule has 0 fully saturated rings. The molecule has 0 radical (unpaired) electrons. The molecule has 3 rings (SSSR count). The lowest BCUT2D eigenvalue weighted by Crippen LogP contribution is -2.16. The van der Waals surface area contributed by atoms with Gasteiger partial charge in [-0.3, -0.25) is 5.10 Å². The zero-order valence-electron chi connectivity index (χ0n) is 8.68. The van der Waals surface area contributed by atoms with Gasteiger partial charge >= 0.3 is 0 Å². The van der Waals surface area contributed by atoms with Gasteiger partial charge in [-0.2, -0.15) is 5.10 Å². The van der Waals surface area contributed by atoms with E-state index in [0.717, 1.165) is 18.7 Å². The van der Waals surface area contributed by atoms with E-state index in [1.165, 1.54) is 15.8 Å². The van der Waals surface area contributed by atoms with E-state index in [0.29, 0.717) is 10.7 Å². The number of aromatic amines is 1. The zero-order valence-corrected chi connectivity index (χ0v) is 9.50. The molecule has 0 aliphatic heterocycles. The number of hydrogen-bond acceptors (Lipinski definition) is 3. The summed E-state index contributed by atoms with van der Waals surface area (Å²) in [7, 11) is 0. The van der Waals surface area contributed by atoms with Crippen molar-refractivity contribution < 1.29 is 0 Å². The number of hydrogen-bond donors (Lipinski definition) is 2. The lowest BCUT2D eigenvalue weighted by Gasteiger charge is -2.06. The van der Waals surface area contributed by atoms with Crippen LogP contribution in [-0.4, -0.2) is 14.9 Å². The highest BCUT2D eigenvalue weighted by Gasteiger charge is 2.26. The molecule has 1 aromatic heterocycles. The molecule has 5 heteroatoms. The van der Waals surface area contributed by atoms with Gasteiger partial charge in [-0.1, -0.05) is 24.3 Å². The van der Waals surface area contributed by atoms with Gasteiger partial charge in [0.05, 0.1) is 0 Å². The SMILES string of the molecule is Nn1c(C2Cc3ccccc3C2)n[nH]c1=S. The summed E-state index contributed by atoms with van der Waals surface area (Å²) >= 11 is 5.02. The van der Waals surface area contributed by atoms with Gasteiger partial charge in [0.2, 0.25) is 4.77 Å². The molecule has 1 aliphatic rings. The van der Waals surface area contributed by atoms with Crippen LogP contribution in [0.1, 0.15) is 22.9 Å². The van der Waals surface area contributed by atoms with E-state index in [-0.39, 0.29) is 0 Å². The van der Waals surface area contributed by atoms with E-state index in [2.05, 4.69) is 34.5 Å². The second-order valence-corrected chi connectivity index (χ2v) is 4.52. The molecule has 0 atom stereocenters. The summed E-state index contributed by atoms with van der Waals surface area (Å²) in [6, 6.07) is 8.47. The van der Waals surface area contributed by atoms with Crippen LogP contribution >= 0.6 is 12.2 Å². The van der Waals surface area contributed by atoms with Crippen molar-refractivity contribution in [1.29, 1.82) is 0 Å². The lowest BCUT2D eigenvalue weighted by atomic mass is 10.1. The van der Waals surface area contributed by atoms with Crippen molar-refractivity contribution >= 4 is 12.2 Å². The average Bonchev–Trinajstić information content (AvgIpc) is 2.84. The lowest BCUT2D eigenvalue weighted by molar-refractivity contribution is 0.654. The molecule has 1 heterocycles. The van der Waals surface area contributed by atoms with E-state index in [9.17, 15) is 0 Å². The van der Waals surface area contributed by atoms with Gasteiger partial charge in [0.1, 0.15) is 0 Å². The van der Waals surface area contributed by atoms with Crippen molar-refractivity contribution in [2.75, 3.05) is 5.84 Å². The van der Waals surface area contributed by atoms with Crippen molar-refractivity contribution in [2.45, 2.75) is 18.8 Å². The highest BCUT2D eigenvalue weighted by molar-refractivity contribution is 7.71. The van der Waals surface area contributed by atoms with Gasteiger partial charge in [0.15, 0.2) is 5.82 Å². The molecule has 2 aromatic rings. The molecule has 1 aliphatic carbocycles. The maximum atomic E-state index is 5.84. The van der Waals surface area contributed by atoms with Gasteiger partial charge in [0, 0.05) is 5.92 Å². The number of benzene rings is 1. The fourth-order valence-corrected chi connectivity index (χ4v) is 2.49. The smallest absolute Gasteiger partial charge is 0.214 e. The van der Waals surface area contributed by atoms with Gasteiger partial charge in [-0.15, -0.1) is 0 Å². The van der Waals surface area contributed by atoms with Crippen LogP contribution in [0.15, 0.2) is 24.3 Å². The Morgan fingerprint density at radius 3 is 2.44 bits per heavy atom. The Kier molecular flexibility index (Phi) is 2.07. The molecular formula is C11H12N4S. The monoisotopic (exact) mass is 232 g/mol. The summed E-state index contributed by atoms with van der Waals surface area (Å²) in [5, 5.41) is 6.93. The molecule has 3 N–H and O–H groups in total. The van der Waals surface area contributed by atoms with Gasteiger partial charge in [0.25, 0.3) is 0 Å². The van der Waals surface area contributed by atoms with E-state index in [1.807, 2.05) is 0 Å². The summed E-state index contributed by atoms with van der Waals surface area (Å²) in [5.74, 6) is 7.03. The van der Waals surface area contributed by atoms with Crippen molar-refractivity contribution in [2.24, 2.45) is 0 Å². The summed E-state index contributed by atoms with van der Waals surface area (Å²) in [6.45, 7) is 0. The van der Waals surface area contributed by atoms with Gasteiger partial charge in [-0.05, 0) is 36.2 Å². The number of nitrogens with zero attached hydrogens (tertiary/aromatic N) is 2. The van der Waals surface area contributed by atoms with Crippen LogP contribution in [0.5, 0.6) is 0 Å². The summed E-state index contributed by atoms with van der Waals surface area (Å²) in [6.07, 6.45) is 1.99. The van der Waals surface area contributed by atoms with Crippen LogP contribution < -0.4 is 5.84 Å². The molecule has 16 heavy (non-hydrogen) atoms. The Hall–Kier alpha value is -1.62. The summed E-state index contributed by atoms with van der Waals surface area (Å²) in [4.78, 5) is 0. The van der Waals surface area contributed by atoms with E-state index in [4.69, 9.17) is 18.1 Å². The molecule has 0 spiro atoms. The minimum atomic E-state index is 0.343. The standard InChI is InChI=1S/C11H12N4S/c12-15-10(13-14-11(15)16)9-5-7-3-1-2-4-8(7)6-9/h1-4,9H,5-6,12H2,(H,14,16). The summed E-state index contributed by atoms with van der Waals surface area (Å²) < 4.78 is 1.96. The quantitative estimate of drug-likeness (QED) is 0.579.